The molecule has 164 valence electrons. The molecule has 3 rings (SSSR count). The van der Waals surface area contributed by atoms with Crippen molar-refractivity contribution in [1.29, 1.82) is 0 Å². The van der Waals surface area contributed by atoms with Crippen molar-refractivity contribution in [3.05, 3.63) is 23.8 Å². The zero-order valence-corrected chi connectivity index (χ0v) is 16.8. The predicted octanol–water partition coefficient (Wildman–Crippen LogP) is 1.51. The minimum Gasteiger partial charge on any atom is -0.370 e. The second kappa shape index (κ2) is 9.48. The SMILES string of the molecule is CN(CC1CCC1)[C@@H](C(N)=O)C(=O)Nc1ccc(N2CCOCC2=O)cc1C(F)F. The number of hydrogen-bond acceptors (Lipinski definition) is 5. The lowest BCUT2D eigenvalue weighted by Gasteiger charge is -2.33. The number of anilines is 2. The number of hydrogen-bond donors (Lipinski definition) is 2. The van der Waals surface area contributed by atoms with Crippen LogP contribution in [-0.2, 0) is 19.1 Å². The Morgan fingerprint density at radius 1 is 1.37 bits per heavy atom. The first kappa shape index (κ1) is 22.1. The Morgan fingerprint density at radius 2 is 2.10 bits per heavy atom. The summed E-state index contributed by atoms with van der Waals surface area (Å²) in [5.74, 6) is -1.54. The van der Waals surface area contributed by atoms with E-state index in [2.05, 4.69) is 5.32 Å². The summed E-state index contributed by atoms with van der Waals surface area (Å²) in [5, 5.41) is 2.42. The average Bonchev–Trinajstić information content (AvgIpc) is 2.65. The van der Waals surface area contributed by atoms with Gasteiger partial charge in [-0.05, 0) is 44.0 Å². The third-order valence-electron chi connectivity index (χ3n) is 5.56. The fraction of sp³-hybridized carbons (Fsp3) is 0.550. The summed E-state index contributed by atoms with van der Waals surface area (Å²) < 4.78 is 32.4. The van der Waals surface area contributed by atoms with Crippen LogP contribution in [0.3, 0.4) is 0 Å². The van der Waals surface area contributed by atoms with Crippen LogP contribution < -0.4 is 16.0 Å². The van der Waals surface area contributed by atoms with Crippen LogP contribution in [0.4, 0.5) is 20.2 Å². The molecule has 1 aliphatic heterocycles. The first-order valence-corrected chi connectivity index (χ1v) is 9.88. The predicted molar refractivity (Wildman–Crippen MR) is 106 cm³/mol. The van der Waals surface area contributed by atoms with Gasteiger partial charge in [0.15, 0.2) is 6.04 Å². The van der Waals surface area contributed by atoms with Gasteiger partial charge >= 0.3 is 0 Å². The lowest BCUT2D eigenvalue weighted by molar-refractivity contribution is -0.132. The van der Waals surface area contributed by atoms with Gasteiger partial charge < -0.3 is 20.7 Å². The molecule has 1 aromatic carbocycles. The number of morpholine rings is 1. The van der Waals surface area contributed by atoms with Crippen LogP contribution >= 0.6 is 0 Å². The Morgan fingerprint density at radius 3 is 2.67 bits per heavy atom. The molecule has 30 heavy (non-hydrogen) atoms. The maximum atomic E-state index is 13.7. The number of carbonyl (C=O) groups excluding carboxylic acids is 3. The van der Waals surface area contributed by atoms with Crippen LogP contribution in [0.2, 0.25) is 0 Å². The Labute approximate surface area is 173 Å². The molecule has 8 nitrogen and oxygen atoms in total. The van der Waals surface area contributed by atoms with Crippen molar-refractivity contribution in [2.24, 2.45) is 11.7 Å². The second-order valence-electron chi connectivity index (χ2n) is 7.70. The van der Waals surface area contributed by atoms with E-state index in [1.54, 1.807) is 11.9 Å². The molecular weight excluding hydrogens is 398 g/mol. The number of nitrogens with two attached hydrogens (primary N) is 1. The van der Waals surface area contributed by atoms with Crippen molar-refractivity contribution in [3.63, 3.8) is 0 Å². The highest BCUT2D eigenvalue weighted by Gasteiger charge is 2.32. The van der Waals surface area contributed by atoms with Gasteiger partial charge in [0, 0.05) is 30.0 Å². The molecule has 0 aromatic heterocycles. The molecule has 3 N–H and O–H groups in total. The van der Waals surface area contributed by atoms with Gasteiger partial charge in [0.1, 0.15) is 6.61 Å². The third-order valence-corrected chi connectivity index (χ3v) is 5.56. The van der Waals surface area contributed by atoms with E-state index in [1.807, 2.05) is 0 Å². The smallest absolute Gasteiger partial charge is 0.265 e. The van der Waals surface area contributed by atoms with Gasteiger partial charge in [-0.1, -0.05) is 6.42 Å². The van der Waals surface area contributed by atoms with E-state index in [1.165, 1.54) is 23.1 Å². The zero-order valence-electron chi connectivity index (χ0n) is 16.8. The Hall–Kier alpha value is -2.59. The lowest BCUT2D eigenvalue weighted by Crippen LogP contribution is -2.52. The summed E-state index contributed by atoms with van der Waals surface area (Å²) in [6, 6.07) is 2.68. The molecule has 3 amide bonds. The first-order chi connectivity index (χ1) is 14.3. The van der Waals surface area contributed by atoms with Crippen LogP contribution in [0.25, 0.3) is 0 Å². The van der Waals surface area contributed by atoms with E-state index in [0.29, 0.717) is 24.8 Å². The largest absolute Gasteiger partial charge is 0.370 e. The summed E-state index contributed by atoms with van der Waals surface area (Å²) in [5.41, 5.74) is 5.15. The van der Waals surface area contributed by atoms with E-state index in [9.17, 15) is 23.2 Å². The van der Waals surface area contributed by atoms with Gasteiger partial charge in [0.25, 0.3) is 18.2 Å². The Bertz CT molecular complexity index is 816. The highest BCUT2D eigenvalue weighted by atomic mass is 19.3. The molecule has 1 atom stereocenters. The summed E-state index contributed by atoms with van der Waals surface area (Å²) in [7, 11) is 1.62. The number of halogens is 2. The lowest BCUT2D eigenvalue weighted by atomic mass is 9.85. The molecule has 1 aliphatic carbocycles. The van der Waals surface area contributed by atoms with Crippen LogP contribution in [0.5, 0.6) is 0 Å². The molecule has 0 unspecified atom stereocenters. The fourth-order valence-electron chi connectivity index (χ4n) is 3.74. The van der Waals surface area contributed by atoms with Crippen LogP contribution in [0, 0.1) is 5.92 Å². The number of benzene rings is 1. The number of rotatable bonds is 8. The number of nitrogens with zero attached hydrogens (tertiary/aromatic N) is 2. The monoisotopic (exact) mass is 424 g/mol. The number of alkyl halides is 2. The highest BCUT2D eigenvalue weighted by Crippen LogP contribution is 2.32. The van der Waals surface area contributed by atoms with Crippen molar-refractivity contribution in [1.82, 2.24) is 4.90 Å². The standard InChI is InChI=1S/C20H26F2N4O4/c1-25(10-12-3-2-4-12)17(19(23)28)20(29)24-15-6-5-13(9-14(15)18(21)22)26-7-8-30-11-16(26)27/h5-6,9,12,17-18H,2-4,7-8,10-11H2,1H3,(H2,23,28)(H,24,29)/t17-/m0/s1. The van der Waals surface area contributed by atoms with E-state index < -0.39 is 29.8 Å². The maximum Gasteiger partial charge on any atom is 0.265 e. The van der Waals surface area contributed by atoms with E-state index in [0.717, 1.165) is 19.3 Å². The Kier molecular flexibility index (Phi) is 6.99. The molecule has 0 spiro atoms. The molecule has 1 saturated carbocycles. The number of amides is 3. The minimum absolute atomic E-state index is 0.115. The zero-order chi connectivity index (χ0) is 21.8. The van der Waals surface area contributed by atoms with Gasteiger partial charge in [-0.25, -0.2) is 8.78 Å². The summed E-state index contributed by atoms with van der Waals surface area (Å²) in [4.78, 5) is 39.5. The summed E-state index contributed by atoms with van der Waals surface area (Å²) in [6.45, 7) is 0.974. The molecule has 0 bridgehead atoms. The number of primary amides is 1. The molecule has 1 saturated heterocycles. The molecule has 0 radical (unpaired) electrons. The summed E-state index contributed by atoms with van der Waals surface area (Å²) >= 11 is 0. The normalized spacial score (nSPS) is 18.4. The van der Waals surface area contributed by atoms with E-state index in [-0.39, 0.29) is 24.7 Å². The van der Waals surface area contributed by atoms with E-state index >= 15 is 0 Å². The van der Waals surface area contributed by atoms with Gasteiger partial charge in [-0.2, -0.15) is 0 Å². The van der Waals surface area contributed by atoms with Gasteiger partial charge in [-0.3, -0.25) is 19.3 Å². The van der Waals surface area contributed by atoms with Crippen molar-refractivity contribution in [2.75, 3.05) is 43.6 Å². The van der Waals surface area contributed by atoms with Crippen molar-refractivity contribution < 1.29 is 27.9 Å². The van der Waals surface area contributed by atoms with Crippen LogP contribution in [0.1, 0.15) is 31.3 Å². The number of nitrogens with one attached hydrogen (secondary N) is 1. The molecule has 1 aromatic rings. The fourth-order valence-corrected chi connectivity index (χ4v) is 3.74. The van der Waals surface area contributed by atoms with Gasteiger partial charge in [0.05, 0.1) is 6.61 Å². The van der Waals surface area contributed by atoms with E-state index in [4.69, 9.17) is 10.5 Å². The van der Waals surface area contributed by atoms with Crippen molar-refractivity contribution in [2.45, 2.75) is 31.7 Å². The first-order valence-electron chi connectivity index (χ1n) is 9.88. The topological polar surface area (TPSA) is 105 Å². The molecule has 2 aliphatic rings. The number of likely N-dealkylation sites (N-methyl/N-ethyl adjacent to an activating group) is 1. The number of ether oxygens (including phenoxy) is 1. The van der Waals surface area contributed by atoms with Crippen LogP contribution in [0.15, 0.2) is 18.2 Å². The quantitative estimate of drug-likeness (QED) is 0.616. The third kappa shape index (κ3) is 4.93. The minimum atomic E-state index is -2.89. The van der Waals surface area contributed by atoms with Gasteiger partial charge in [0.2, 0.25) is 5.91 Å². The number of carbonyl (C=O) groups is 3. The average molecular weight is 424 g/mol. The highest BCUT2D eigenvalue weighted by molar-refractivity contribution is 6.10. The molecule has 10 heteroatoms. The molecule has 1 heterocycles. The summed E-state index contributed by atoms with van der Waals surface area (Å²) in [6.07, 6.45) is 0.265. The molecule has 2 fully saturated rings. The molecular formula is C20H26F2N4O4. The van der Waals surface area contributed by atoms with Crippen molar-refractivity contribution >= 4 is 29.1 Å². The van der Waals surface area contributed by atoms with Gasteiger partial charge in [-0.15, -0.1) is 0 Å². The maximum absolute atomic E-state index is 13.7. The Balaban J connectivity index is 1.78. The van der Waals surface area contributed by atoms with Crippen molar-refractivity contribution in [3.8, 4) is 0 Å². The van der Waals surface area contributed by atoms with Crippen LogP contribution in [-0.4, -0.2) is 62.0 Å². The second-order valence-corrected chi connectivity index (χ2v) is 7.70.